The van der Waals surface area contributed by atoms with Crippen LogP contribution in [0.4, 0.5) is 0 Å². The highest BCUT2D eigenvalue weighted by atomic mass is 16.5. The van der Waals surface area contributed by atoms with Crippen molar-refractivity contribution in [1.29, 1.82) is 5.26 Å². The molecule has 3 rings (SSSR count). The smallest absolute Gasteiger partial charge is 0.161 e. The van der Waals surface area contributed by atoms with Gasteiger partial charge in [-0.3, -0.25) is 10.2 Å². The second-order valence-corrected chi connectivity index (χ2v) is 12.9. The highest BCUT2D eigenvalue weighted by molar-refractivity contribution is 5.47. The number of hydrogen-bond donors (Lipinski definition) is 1. The summed E-state index contributed by atoms with van der Waals surface area (Å²) < 4.78 is 16.6. The number of nitrogens with one attached hydrogen (secondary N) is 1. The Bertz CT molecular complexity index is 1260. The van der Waals surface area contributed by atoms with E-state index in [4.69, 9.17) is 14.2 Å². The van der Waals surface area contributed by atoms with Crippen LogP contribution in [0.15, 0.2) is 48.0 Å². The van der Waals surface area contributed by atoms with Gasteiger partial charge in [0.15, 0.2) is 11.5 Å². The highest BCUT2D eigenvalue weighted by Gasteiger charge is 2.38. The Hall–Kier alpha value is -3.01. The summed E-state index contributed by atoms with van der Waals surface area (Å²) in [6.07, 6.45) is 5.00. The summed E-state index contributed by atoms with van der Waals surface area (Å²) in [6, 6.07) is 15.1. The molecule has 1 aliphatic heterocycles. The van der Waals surface area contributed by atoms with E-state index in [0.717, 1.165) is 55.8 Å². The normalized spacial score (nSPS) is 17.2. The van der Waals surface area contributed by atoms with Gasteiger partial charge in [-0.2, -0.15) is 5.26 Å². The number of methoxy groups -OCH3 is 3. The van der Waals surface area contributed by atoms with Crippen LogP contribution in [-0.4, -0.2) is 56.9 Å². The summed E-state index contributed by atoms with van der Waals surface area (Å²) in [5, 5.41) is 14.3. The van der Waals surface area contributed by atoms with E-state index >= 15 is 0 Å². The lowest BCUT2D eigenvalue weighted by Gasteiger charge is -2.34. The molecule has 41 heavy (non-hydrogen) atoms. The molecule has 0 spiro atoms. The lowest BCUT2D eigenvalue weighted by atomic mass is 9.69. The number of nitriles is 1. The van der Waals surface area contributed by atoms with E-state index in [1.807, 2.05) is 18.2 Å². The number of ether oxygens (including phenoxy) is 3. The minimum Gasteiger partial charge on any atom is -0.496 e. The Morgan fingerprint density at radius 2 is 1.61 bits per heavy atom. The van der Waals surface area contributed by atoms with Crippen LogP contribution in [-0.2, 0) is 11.8 Å². The summed E-state index contributed by atoms with van der Waals surface area (Å²) in [4.78, 5) is 2.56. The first-order chi connectivity index (χ1) is 19.3. The van der Waals surface area contributed by atoms with Crippen LogP contribution in [0.2, 0.25) is 0 Å². The number of rotatable bonds is 14. The molecule has 0 amide bonds. The predicted molar refractivity (Wildman–Crippen MR) is 168 cm³/mol. The van der Waals surface area contributed by atoms with Crippen molar-refractivity contribution in [3.8, 4) is 23.3 Å². The van der Waals surface area contributed by atoms with Gasteiger partial charge in [-0.1, -0.05) is 38.1 Å². The Kier molecular flexibility index (Phi) is 10.6. The summed E-state index contributed by atoms with van der Waals surface area (Å²) in [5.41, 5.74) is 4.10. The number of hydrogen-bond acceptors (Lipinski definition) is 6. The third-order valence-electron chi connectivity index (χ3n) is 8.68. The molecule has 0 saturated heterocycles. The fourth-order valence-corrected chi connectivity index (χ4v) is 6.31. The molecule has 2 aromatic carbocycles. The highest BCUT2D eigenvalue weighted by Crippen LogP contribution is 2.40. The fourth-order valence-electron chi connectivity index (χ4n) is 6.31. The molecule has 1 heterocycles. The van der Waals surface area contributed by atoms with Crippen molar-refractivity contribution in [2.24, 2.45) is 5.92 Å². The molecule has 0 aromatic heterocycles. The van der Waals surface area contributed by atoms with Crippen molar-refractivity contribution in [1.82, 2.24) is 10.2 Å². The molecule has 0 bridgehead atoms. The maximum Gasteiger partial charge on any atom is 0.161 e. The van der Waals surface area contributed by atoms with E-state index in [1.165, 1.54) is 11.1 Å². The first-order valence-corrected chi connectivity index (χ1v) is 14.8. The number of aryl methyl sites for hydroxylation is 1. The van der Waals surface area contributed by atoms with Crippen molar-refractivity contribution < 1.29 is 14.2 Å². The van der Waals surface area contributed by atoms with Crippen LogP contribution >= 0.6 is 0 Å². The summed E-state index contributed by atoms with van der Waals surface area (Å²) in [6.45, 7) is 18.1. The van der Waals surface area contributed by atoms with Crippen LogP contribution in [0.5, 0.6) is 17.2 Å². The predicted octanol–water partition coefficient (Wildman–Crippen LogP) is 6.85. The molecule has 0 saturated carbocycles. The molecule has 1 aliphatic rings. The molecule has 0 fully saturated rings. The van der Waals surface area contributed by atoms with Gasteiger partial charge in [-0.25, -0.2) is 0 Å². The van der Waals surface area contributed by atoms with E-state index in [0.29, 0.717) is 11.5 Å². The van der Waals surface area contributed by atoms with Gasteiger partial charge in [-0.15, -0.1) is 0 Å². The third-order valence-corrected chi connectivity index (χ3v) is 8.68. The molecule has 1 atom stereocenters. The zero-order valence-corrected chi connectivity index (χ0v) is 27.0. The summed E-state index contributed by atoms with van der Waals surface area (Å²) >= 11 is 0. The molecule has 6 nitrogen and oxygen atoms in total. The van der Waals surface area contributed by atoms with Gasteiger partial charge in [0.05, 0.1) is 32.8 Å². The van der Waals surface area contributed by atoms with Crippen LogP contribution in [0.3, 0.4) is 0 Å². The van der Waals surface area contributed by atoms with Gasteiger partial charge >= 0.3 is 0 Å². The van der Waals surface area contributed by atoms with E-state index < -0.39 is 5.41 Å². The maximum atomic E-state index is 10.6. The SMILES string of the molecule is COc1cc(CCN(CCCC(C#N)(c2ccc(OC)c(OC)c2)C(C)C)CC2=CC(C)(C)NC2(C)C)ccc1C. The Balaban J connectivity index is 1.83. The van der Waals surface area contributed by atoms with Crippen molar-refractivity contribution in [3.63, 3.8) is 0 Å². The Labute approximate surface area is 248 Å². The van der Waals surface area contributed by atoms with Crippen LogP contribution < -0.4 is 19.5 Å². The second kappa shape index (κ2) is 13.3. The average molecular weight is 562 g/mol. The molecule has 1 unspecified atom stereocenters. The van der Waals surface area contributed by atoms with Gasteiger partial charge < -0.3 is 14.2 Å². The van der Waals surface area contributed by atoms with E-state index in [9.17, 15) is 5.26 Å². The van der Waals surface area contributed by atoms with Gasteiger partial charge in [-0.05, 0) is 107 Å². The minimum atomic E-state index is -0.620. The molecular weight excluding hydrogens is 510 g/mol. The molecular formula is C35H51N3O3. The van der Waals surface area contributed by atoms with Crippen LogP contribution in [0.1, 0.15) is 71.1 Å². The second-order valence-electron chi connectivity index (χ2n) is 12.9. The average Bonchev–Trinajstić information content (AvgIpc) is 3.14. The van der Waals surface area contributed by atoms with Gasteiger partial charge in [0.2, 0.25) is 0 Å². The molecule has 6 heteroatoms. The Morgan fingerprint density at radius 3 is 2.17 bits per heavy atom. The Morgan fingerprint density at radius 1 is 0.927 bits per heavy atom. The quantitative estimate of drug-likeness (QED) is 0.255. The monoisotopic (exact) mass is 561 g/mol. The topological polar surface area (TPSA) is 66.8 Å². The molecule has 0 aliphatic carbocycles. The first-order valence-electron chi connectivity index (χ1n) is 14.8. The van der Waals surface area contributed by atoms with Gasteiger partial charge in [0.25, 0.3) is 0 Å². The van der Waals surface area contributed by atoms with Crippen molar-refractivity contribution in [2.75, 3.05) is 41.0 Å². The number of benzene rings is 2. The maximum absolute atomic E-state index is 10.6. The molecule has 0 radical (unpaired) electrons. The molecule has 1 N–H and O–H groups in total. The molecule has 2 aromatic rings. The van der Waals surface area contributed by atoms with Gasteiger partial charge in [0.1, 0.15) is 5.75 Å². The largest absolute Gasteiger partial charge is 0.496 e. The standard InChI is InChI=1S/C35H51N3O3/c1-25(2)35(24-36,28-14-15-30(39-8)32(21-28)41-10)17-11-18-38(23-29-22-33(4,5)37-34(29,6)7)19-16-27-13-12-26(3)31(20-27)40-9/h12-15,20-22,25,37H,11,16-19,23H2,1-10H3. The first kappa shape index (κ1) is 32.5. The zero-order chi connectivity index (χ0) is 30.4. The lowest BCUT2D eigenvalue weighted by Crippen LogP contribution is -2.47. The minimum absolute atomic E-state index is 0.0319. The fraction of sp³-hybridized carbons (Fsp3) is 0.571. The van der Waals surface area contributed by atoms with E-state index in [1.54, 1.807) is 21.3 Å². The van der Waals surface area contributed by atoms with E-state index in [-0.39, 0.29) is 17.0 Å². The van der Waals surface area contributed by atoms with Crippen molar-refractivity contribution >= 4 is 0 Å². The molecule has 224 valence electrons. The van der Waals surface area contributed by atoms with Gasteiger partial charge in [0, 0.05) is 24.2 Å². The van der Waals surface area contributed by atoms with Crippen LogP contribution in [0.25, 0.3) is 0 Å². The number of nitrogens with zero attached hydrogens (tertiary/aromatic N) is 2. The zero-order valence-electron chi connectivity index (χ0n) is 27.0. The summed E-state index contributed by atoms with van der Waals surface area (Å²) in [5.74, 6) is 2.41. The third kappa shape index (κ3) is 7.64. The lowest BCUT2D eigenvalue weighted by molar-refractivity contribution is 0.259. The van der Waals surface area contributed by atoms with Crippen molar-refractivity contribution in [2.45, 2.75) is 84.2 Å². The summed E-state index contributed by atoms with van der Waals surface area (Å²) in [7, 11) is 5.01. The van der Waals surface area contributed by atoms with Crippen LogP contribution in [0, 0.1) is 24.2 Å². The van der Waals surface area contributed by atoms with E-state index in [2.05, 4.69) is 89.0 Å². The van der Waals surface area contributed by atoms with Crippen molar-refractivity contribution in [3.05, 3.63) is 64.7 Å².